The zero-order valence-electron chi connectivity index (χ0n) is 21.7. The Morgan fingerprint density at radius 2 is 1.93 bits per heavy atom. The minimum Gasteiger partial charge on any atom is -0.496 e. The van der Waals surface area contributed by atoms with Gasteiger partial charge in [-0.15, -0.1) is 0 Å². The fourth-order valence-electron chi connectivity index (χ4n) is 6.21. The lowest BCUT2D eigenvalue weighted by molar-refractivity contribution is 0.0486. The molecule has 7 rings (SSSR count). The van der Waals surface area contributed by atoms with Gasteiger partial charge in [0.1, 0.15) is 17.2 Å². The van der Waals surface area contributed by atoms with E-state index in [0.717, 1.165) is 61.2 Å². The van der Waals surface area contributed by atoms with E-state index in [1.807, 2.05) is 18.2 Å². The van der Waals surface area contributed by atoms with E-state index in [2.05, 4.69) is 32.2 Å². The second-order valence-electron chi connectivity index (χ2n) is 11.2. The van der Waals surface area contributed by atoms with E-state index < -0.39 is 5.97 Å². The van der Waals surface area contributed by atoms with Crippen LogP contribution in [0.4, 0.5) is 5.69 Å². The predicted molar refractivity (Wildman–Crippen MR) is 153 cm³/mol. The third kappa shape index (κ3) is 4.30. The number of pyridine rings is 2. The van der Waals surface area contributed by atoms with E-state index in [1.165, 1.54) is 6.07 Å². The number of carboxylic acids is 1. The third-order valence-corrected chi connectivity index (χ3v) is 8.90. The number of aromatic nitrogens is 3. The summed E-state index contributed by atoms with van der Waals surface area (Å²) >= 11 is 12.9. The van der Waals surface area contributed by atoms with Crippen molar-refractivity contribution in [3.63, 3.8) is 0 Å². The van der Waals surface area contributed by atoms with Gasteiger partial charge in [-0.1, -0.05) is 40.5 Å². The van der Waals surface area contributed by atoms with E-state index in [1.54, 1.807) is 19.5 Å². The van der Waals surface area contributed by atoms with Crippen LogP contribution in [-0.4, -0.2) is 46.4 Å². The first-order valence-electron chi connectivity index (χ1n) is 13.3. The van der Waals surface area contributed by atoms with Crippen LogP contribution >= 0.6 is 23.2 Å². The molecule has 0 atom stereocenters. The highest BCUT2D eigenvalue weighted by Gasteiger charge is 2.51. The second-order valence-corrected chi connectivity index (χ2v) is 12.0. The van der Waals surface area contributed by atoms with Crippen molar-refractivity contribution in [3.05, 3.63) is 69.8 Å². The summed E-state index contributed by atoms with van der Waals surface area (Å²) in [6.07, 6.45) is 12.0. The van der Waals surface area contributed by atoms with E-state index in [-0.39, 0.29) is 5.69 Å². The number of fused-ring (bicyclic) bond motifs is 1. The standard InChI is InChI=1S/C30H26Cl2N4O4/c1-39-25-9-24(29(37)38)34-23-7-5-18(8-20(23)25)36-14-30(15-36)10-16(11-30)2-6-19-27(35-40-28(19)17-3-4-17)26-21(31)12-33-13-22(26)32/h2,5-9,12-13,16-17H,3-4,10-11,14-15H2,1H3,(H,37,38)/b6-2+. The average molecular weight is 577 g/mol. The number of hydrogen-bond donors (Lipinski definition) is 1. The second kappa shape index (κ2) is 9.49. The highest BCUT2D eigenvalue weighted by molar-refractivity contribution is 6.39. The molecule has 4 aromatic rings. The molecule has 40 heavy (non-hydrogen) atoms. The first kappa shape index (κ1) is 25.4. The van der Waals surface area contributed by atoms with Crippen LogP contribution < -0.4 is 9.64 Å². The van der Waals surface area contributed by atoms with Gasteiger partial charge in [0.25, 0.3) is 0 Å². The van der Waals surface area contributed by atoms with Gasteiger partial charge in [-0.05, 0) is 49.8 Å². The summed E-state index contributed by atoms with van der Waals surface area (Å²) in [7, 11) is 1.55. The molecule has 0 bridgehead atoms. The molecule has 0 radical (unpaired) electrons. The summed E-state index contributed by atoms with van der Waals surface area (Å²) < 4.78 is 11.2. The SMILES string of the molecule is COc1cc(C(=O)O)nc2ccc(N3CC4(CC(/C=C/c5c(-c6c(Cl)cncc6Cl)noc5C5CC5)C4)C3)cc12. The number of aromatic carboxylic acids is 1. The normalized spacial score (nSPS) is 18.3. The molecule has 10 heteroatoms. The van der Waals surface area contributed by atoms with Gasteiger partial charge >= 0.3 is 5.97 Å². The minimum atomic E-state index is -1.07. The number of hydrogen-bond acceptors (Lipinski definition) is 7. The first-order valence-corrected chi connectivity index (χ1v) is 14.0. The van der Waals surface area contributed by atoms with E-state index >= 15 is 0 Å². The molecule has 1 aromatic carbocycles. The summed E-state index contributed by atoms with van der Waals surface area (Å²) in [4.78, 5) is 22.1. The monoisotopic (exact) mass is 576 g/mol. The van der Waals surface area contributed by atoms with Crippen molar-refractivity contribution in [2.45, 2.75) is 31.6 Å². The molecule has 1 aliphatic heterocycles. The zero-order chi connectivity index (χ0) is 27.6. The maximum Gasteiger partial charge on any atom is 0.354 e. The molecule has 0 unspecified atom stereocenters. The van der Waals surface area contributed by atoms with Gasteiger partial charge in [-0.25, -0.2) is 9.78 Å². The minimum absolute atomic E-state index is 0.0249. The van der Waals surface area contributed by atoms with Gasteiger partial charge in [0.2, 0.25) is 0 Å². The van der Waals surface area contributed by atoms with Gasteiger partial charge in [0, 0.05) is 65.1 Å². The molecule has 4 heterocycles. The van der Waals surface area contributed by atoms with Gasteiger partial charge in [-0.2, -0.15) is 0 Å². The lowest BCUT2D eigenvalue weighted by Crippen LogP contribution is -2.62. The molecule has 2 saturated carbocycles. The Hall–Kier alpha value is -3.62. The van der Waals surface area contributed by atoms with E-state index in [9.17, 15) is 9.90 Å². The number of carboxylic acid groups (broad SMARTS) is 1. The molecule has 1 spiro atoms. The number of ether oxygens (including phenoxy) is 1. The highest BCUT2D eigenvalue weighted by atomic mass is 35.5. The van der Waals surface area contributed by atoms with Crippen LogP contribution in [0.2, 0.25) is 10.0 Å². The number of methoxy groups -OCH3 is 1. The molecule has 0 amide bonds. The van der Waals surface area contributed by atoms with Gasteiger partial charge in [-0.3, -0.25) is 4.98 Å². The van der Waals surface area contributed by atoms with E-state index in [4.69, 9.17) is 32.5 Å². The maximum atomic E-state index is 11.4. The molecule has 3 aromatic heterocycles. The number of halogens is 2. The van der Waals surface area contributed by atoms with Crippen LogP contribution in [-0.2, 0) is 0 Å². The van der Waals surface area contributed by atoms with Crippen molar-refractivity contribution < 1.29 is 19.2 Å². The Balaban J connectivity index is 1.05. The highest BCUT2D eigenvalue weighted by Crippen LogP contribution is 2.54. The van der Waals surface area contributed by atoms with Crippen molar-refractivity contribution >= 4 is 51.8 Å². The Morgan fingerprint density at radius 1 is 1.18 bits per heavy atom. The Morgan fingerprint density at radius 3 is 2.60 bits per heavy atom. The Kier molecular flexibility index (Phi) is 6.02. The van der Waals surface area contributed by atoms with Crippen LogP contribution in [0.15, 0.2) is 47.3 Å². The number of benzene rings is 1. The Bertz CT molecular complexity index is 1660. The maximum absolute atomic E-state index is 11.4. The number of rotatable bonds is 7. The fourth-order valence-corrected chi connectivity index (χ4v) is 6.76. The summed E-state index contributed by atoms with van der Waals surface area (Å²) in [6, 6.07) is 7.39. The van der Waals surface area contributed by atoms with Crippen LogP contribution in [0.3, 0.4) is 0 Å². The van der Waals surface area contributed by atoms with Crippen LogP contribution in [0.25, 0.3) is 28.2 Å². The number of nitrogens with zero attached hydrogens (tertiary/aromatic N) is 4. The van der Waals surface area contributed by atoms with Crippen molar-refractivity contribution in [2.75, 3.05) is 25.1 Å². The van der Waals surface area contributed by atoms with Crippen molar-refractivity contribution in [1.29, 1.82) is 0 Å². The van der Waals surface area contributed by atoms with Crippen molar-refractivity contribution in [3.8, 4) is 17.0 Å². The summed E-state index contributed by atoms with van der Waals surface area (Å²) in [5, 5.41) is 15.4. The van der Waals surface area contributed by atoms with Gasteiger partial charge in [0.05, 0.1) is 22.7 Å². The van der Waals surface area contributed by atoms with Crippen LogP contribution in [0, 0.1) is 11.3 Å². The number of carbonyl (C=O) groups is 1. The lowest BCUT2D eigenvalue weighted by Gasteiger charge is -2.59. The number of allylic oxidation sites excluding steroid dienone is 1. The molecule has 2 aliphatic carbocycles. The van der Waals surface area contributed by atoms with Crippen LogP contribution in [0.1, 0.15) is 53.4 Å². The summed E-state index contributed by atoms with van der Waals surface area (Å²) in [5.41, 5.74) is 4.30. The quantitative estimate of drug-likeness (QED) is 0.248. The smallest absolute Gasteiger partial charge is 0.354 e. The predicted octanol–water partition coefficient (Wildman–Crippen LogP) is 7.11. The Labute approximate surface area is 240 Å². The molecular formula is C30H26Cl2N4O4. The first-order chi connectivity index (χ1) is 19.3. The molecule has 8 nitrogen and oxygen atoms in total. The van der Waals surface area contributed by atoms with Crippen molar-refractivity contribution in [2.24, 2.45) is 11.3 Å². The van der Waals surface area contributed by atoms with Gasteiger partial charge < -0.3 is 19.3 Å². The molecule has 1 saturated heterocycles. The third-order valence-electron chi connectivity index (χ3n) is 8.33. The molecule has 3 fully saturated rings. The summed E-state index contributed by atoms with van der Waals surface area (Å²) in [5.74, 6) is 1.24. The molecular weight excluding hydrogens is 551 g/mol. The average Bonchev–Trinajstić information content (AvgIpc) is 3.66. The molecule has 1 N–H and O–H groups in total. The molecule has 3 aliphatic rings. The molecule has 204 valence electrons. The van der Waals surface area contributed by atoms with Crippen LogP contribution in [0.5, 0.6) is 5.75 Å². The number of anilines is 1. The zero-order valence-corrected chi connectivity index (χ0v) is 23.2. The summed E-state index contributed by atoms with van der Waals surface area (Å²) in [6.45, 7) is 1.97. The topological polar surface area (TPSA) is 102 Å². The fraction of sp³-hybridized carbons (Fsp3) is 0.333. The van der Waals surface area contributed by atoms with E-state index in [0.29, 0.717) is 49.8 Å². The van der Waals surface area contributed by atoms with Gasteiger partial charge in [0.15, 0.2) is 5.69 Å². The largest absolute Gasteiger partial charge is 0.496 e. The lowest BCUT2D eigenvalue weighted by atomic mass is 9.57. The van der Waals surface area contributed by atoms with Crippen molar-refractivity contribution in [1.82, 2.24) is 15.1 Å².